The van der Waals surface area contributed by atoms with Gasteiger partial charge in [-0.1, -0.05) is 31.2 Å². The first-order chi connectivity index (χ1) is 15.4. The monoisotopic (exact) mass is 444 g/mol. The normalized spacial score (nSPS) is 25.8. The number of benzene rings is 2. The van der Waals surface area contributed by atoms with Crippen LogP contribution in [-0.4, -0.2) is 74.4 Å². The van der Waals surface area contributed by atoms with Gasteiger partial charge in [0.05, 0.1) is 25.6 Å². The molecule has 1 aliphatic rings. The van der Waals surface area contributed by atoms with Crippen molar-refractivity contribution in [2.75, 3.05) is 13.7 Å². The van der Waals surface area contributed by atoms with Crippen molar-refractivity contribution in [1.29, 1.82) is 0 Å². The number of aryl methyl sites for hydroxylation is 1. The van der Waals surface area contributed by atoms with E-state index in [-0.39, 0.29) is 0 Å². The molecule has 1 fully saturated rings. The van der Waals surface area contributed by atoms with Gasteiger partial charge in [0.25, 0.3) is 0 Å². The van der Waals surface area contributed by atoms with E-state index in [0.717, 1.165) is 12.0 Å². The summed E-state index contributed by atoms with van der Waals surface area (Å²) in [5, 5.41) is 40.0. The maximum Gasteiger partial charge on any atom is 0.229 e. The molecule has 1 unspecified atom stereocenters. The van der Waals surface area contributed by atoms with Crippen molar-refractivity contribution in [1.82, 2.24) is 9.55 Å². The van der Waals surface area contributed by atoms with Gasteiger partial charge in [-0.3, -0.25) is 0 Å². The van der Waals surface area contributed by atoms with E-state index in [1.54, 1.807) is 18.5 Å². The zero-order valence-corrected chi connectivity index (χ0v) is 18.0. The molecule has 0 radical (unpaired) electrons. The first-order valence-corrected chi connectivity index (χ1v) is 10.5. The van der Waals surface area contributed by atoms with Crippen molar-refractivity contribution >= 4 is 11.0 Å². The molecule has 2 aromatic carbocycles. The number of aliphatic hydroxyl groups is 4. The summed E-state index contributed by atoms with van der Waals surface area (Å²) < 4.78 is 18.7. The molecule has 0 saturated carbocycles. The Kier molecular flexibility index (Phi) is 6.63. The van der Waals surface area contributed by atoms with Crippen LogP contribution in [0.3, 0.4) is 0 Å². The Balaban J connectivity index is 1.68. The van der Waals surface area contributed by atoms with Crippen LogP contribution in [0.1, 0.15) is 18.1 Å². The number of aromatic nitrogens is 2. The van der Waals surface area contributed by atoms with Crippen LogP contribution in [0.15, 0.2) is 42.7 Å². The Labute approximate surface area is 185 Å². The van der Waals surface area contributed by atoms with Crippen LogP contribution in [0, 0.1) is 0 Å². The van der Waals surface area contributed by atoms with Crippen LogP contribution in [-0.2, 0) is 17.7 Å². The Morgan fingerprint density at radius 3 is 2.41 bits per heavy atom. The van der Waals surface area contributed by atoms with E-state index in [9.17, 15) is 20.4 Å². The zero-order chi connectivity index (χ0) is 22.8. The molecule has 9 heteroatoms. The fourth-order valence-corrected chi connectivity index (χ4v) is 3.84. The lowest BCUT2D eigenvalue weighted by molar-refractivity contribution is -0.277. The Morgan fingerprint density at radius 2 is 1.75 bits per heavy atom. The predicted octanol–water partition coefficient (Wildman–Crippen LogP) is 0.834. The summed E-state index contributed by atoms with van der Waals surface area (Å²) in [5.41, 5.74) is 3.60. The molecule has 0 spiro atoms. The van der Waals surface area contributed by atoms with Crippen LogP contribution >= 0.6 is 0 Å². The van der Waals surface area contributed by atoms with E-state index < -0.39 is 37.3 Å². The van der Waals surface area contributed by atoms with E-state index >= 15 is 0 Å². The van der Waals surface area contributed by atoms with Gasteiger partial charge in [-0.05, 0) is 17.5 Å². The average Bonchev–Trinajstić information content (AvgIpc) is 3.22. The number of fused-ring (bicyclic) bond motifs is 1. The third kappa shape index (κ3) is 4.30. The number of ether oxygens (including phenoxy) is 3. The second kappa shape index (κ2) is 9.43. The molecular weight excluding hydrogens is 416 g/mol. The Morgan fingerprint density at radius 1 is 1.03 bits per heavy atom. The summed E-state index contributed by atoms with van der Waals surface area (Å²) in [6, 6.07) is 11.7. The number of hydrogen-bond acceptors (Lipinski definition) is 8. The average molecular weight is 444 g/mol. The van der Waals surface area contributed by atoms with Crippen molar-refractivity contribution in [2.24, 2.45) is 0 Å². The molecule has 172 valence electrons. The third-order valence-electron chi connectivity index (χ3n) is 5.76. The molecule has 4 N–H and O–H groups in total. The summed E-state index contributed by atoms with van der Waals surface area (Å²) in [7, 11) is 1.52. The predicted molar refractivity (Wildman–Crippen MR) is 116 cm³/mol. The van der Waals surface area contributed by atoms with E-state index in [0.29, 0.717) is 29.1 Å². The fraction of sp³-hybridized carbons (Fsp3) is 0.435. The molecule has 2 heterocycles. The molecule has 1 aromatic heterocycles. The number of methoxy groups -OCH3 is 1. The third-order valence-corrected chi connectivity index (χ3v) is 5.76. The molecule has 0 bridgehead atoms. The van der Waals surface area contributed by atoms with Crippen molar-refractivity contribution in [3.8, 4) is 11.5 Å². The van der Waals surface area contributed by atoms with Crippen molar-refractivity contribution < 1.29 is 34.6 Å². The van der Waals surface area contributed by atoms with Crippen molar-refractivity contribution in [2.45, 2.75) is 50.6 Å². The smallest absolute Gasteiger partial charge is 0.229 e. The summed E-state index contributed by atoms with van der Waals surface area (Å²) in [5.74, 6) is 0.820. The van der Waals surface area contributed by atoms with Gasteiger partial charge in [-0.15, -0.1) is 0 Å². The second-order valence-corrected chi connectivity index (χ2v) is 7.85. The zero-order valence-electron chi connectivity index (χ0n) is 18.0. The van der Waals surface area contributed by atoms with Gasteiger partial charge in [-0.2, -0.15) is 0 Å². The lowest BCUT2D eigenvalue weighted by Gasteiger charge is -2.39. The number of imidazole rings is 1. The first kappa shape index (κ1) is 22.5. The second-order valence-electron chi connectivity index (χ2n) is 7.85. The minimum atomic E-state index is -1.53. The molecule has 1 saturated heterocycles. The minimum Gasteiger partial charge on any atom is -0.497 e. The van der Waals surface area contributed by atoms with Crippen LogP contribution < -0.4 is 9.47 Å². The summed E-state index contributed by atoms with van der Waals surface area (Å²) in [6.45, 7) is 2.11. The standard InChI is InChI=1S/C23H28N2O7/c1-3-13-4-6-14(7-5-13)10-25-12-24-16-8-15(30-2)9-17(19(16)25)31-23-22(29)21(28)20(27)18(11-26)32-23/h4-9,12,18,20-23,26-29H,3,10-11H2,1-2H3/t18-,20-,21+,22-,23?/m0/s1. The maximum atomic E-state index is 10.4. The highest BCUT2D eigenvalue weighted by Gasteiger charge is 2.45. The molecule has 9 nitrogen and oxygen atoms in total. The Hall–Kier alpha value is -2.69. The number of rotatable bonds is 7. The molecule has 0 amide bonds. The highest BCUT2D eigenvalue weighted by atomic mass is 16.7. The minimum absolute atomic E-state index is 0.325. The lowest BCUT2D eigenvalue weighted by Crippen LogP contribution is -2.60. The van der Waals surface area contributed by atoms with E-state index in [4.69, 9.17) is 14.2 Å². The fourth-order valence-electron chi connectivity index (χ4n) is 3.84. The SMILES string of the molecule is CCc1ccc(Cn2cnc3cc(OC)cc(OC4O[C@@H](CO)[C@H](O)[C@@H](O)[C@@H]4O)c32)cc1. The summed E-state index contributed by atoms with van der Waals surface area (Å²) in [4.78, 5) is 4.46. The molecule has 4 rings (SSSR count). The summed E-state index contributed by atoms with van der Waals surface area (Å²) in [6.07, 6.45) is -4.24. The Bertz CT molecular complexity index is 1050. The molecular formula is C23H28N2O7. The molecule has 32 heavy (non-hydrogen) atoms. The number of aliphatic hydroxyl groups excluding tert-OH is 4. The van der Waals surface area contributed by atoms with Gasteiger partial charge in [0.1, 0.15) is 35.7 Å². The van der Waals surface area contributed by atoms with Gasteiger partial charge in [-0.25, -0.2) is 4.98 Å². The van der Waals surface area contributed by atoms with Gasteiger partial charge >= 0.3 is 0 Å². The van der Waals surface area contributed by atoms with E-state index in [1.165, 1.54) is 12.7 Å². The quantitative estimate of drug-likeness (QED) is 0.422. The van der Waals surface area contributed by atoms with Crippen molar-refractivity contribution in [3.05, 3.63) is 53.9 Å². The van der Waals surface area contributed by atoms with Gasteiger partial charge in [0.2, 0.25) is 6.29 Å². The number of nitrogens with zero attached hydrogens (tertiary/aromatic N) is 2. The van der Waals surface area contributed by atoms with Crippen LogP contribution in [0.5, 0.6) is 11.5 Å². The largest absolute Gasteiger partial charge is 0.497 e. The number of hydrogen-bond donors (Lipinski definition) is 4. The van der Waals surface area contributed by atoms with Crippen LogP contribution in [0.25, 0.3) is 11.0 Å². The topological polar surface area (TPSA) is 126 Å². The van der Waals surface area contributed by atoms with Gasteiger partial charge in [0.15, 0.2) is 5.75 Å². The van der Waals surface area contributed by atoms with E-state index in [2.05, 4.69) is 36.2 Å². The molecule has 5 atom stereocenters. The van der Waals surface area contributed by atoms with Crippen molar-refractivity contribution in [3.63, 3.8) is 0 Å². The highest BCUT2D eigenvalue weighted by Crippen LogP contribution is 2.34. The summed E-state index contributed by atoms with van der Waals surface area (Å²) >= 11 is 0. The highest BCUT2D eigenvalue weighted by molar-refractivity contribution is 5.84. The van der Waals surface area contributed by atoms with Crippen LogP contribution in [0.4, 0.5) is 0 Å². The first-order valence-electron chi connectivity index (χ1n) is 10.5. The van der Waals surface area contributed by atoms with E-state index in [1.807, 2.05) is 4.57 Å². The van der Waals surface area contributed by atoms with Gasteiger partial charge < -0.3 is 39.2 Å². The molecule has 0 aliphatic carbocycles. The lowest BCUT2D eigenvalue weighted by atomic mass is 9.99. The van der Waals surface area contributed by atoms with Gasteiger partial charge in [0, 0.05) is 18.7 Å². The molecule has 1 aliphatic heterocycles. The maximum absolute atomic E-state index is 10.4. The van der Waals surface area contributed by atoms with Crippen LogP contribution in [0.2, 0.25) is 0 Å². The molecule has 3 aromatic rings.